The van der Waals surface area contributed by atoms with E-state index >= 15 is 0 Å². The average molecular weight is 960 g/mol. The molecular formula is C51H73N7O11. The molecule has 0 aliphatic carbocycles. The molecule has 1 saturated heterocycles. The summed E-state index contributed by atoms with van der Waals surface area (Å²) < 4.78 is 11.9. The van der Waals surface area contributed by atoms with Crippen LogP contribution < -0.4 is 21.3 Å². The second kappa shape index (κ2) is 27.2. The zero-order chi connectivity index (χ0) is 50.8. The molecule has 0 aromatic heterocycles. The number of carbonyl (C=O) groups is 8. The number of hydrogen-bond donors (Lipinski definition) is 5. The highest BCUT2D eigenvalue weighted by Gasteiger charge is 2.43. The molecular weight excluding hydrogens is 887 g/mol. The van der Waals surface area contributed by atoms with Crippen LogP contribution in [0.1, 0.15) is 97.1 Å². The largest absolute Gasteiger partial charge is 0.465 e. The van der Waals surface area contributed by atoms with Gasteiger partial charge in [0.1, 0.15) is 12.1 Å². The van der Waals surface area contributed by atoms with E-state index in [1.54, 1.807) is 57.0 Å². The number of nitrogens with zero attached hydrogens (tertiary/aromatic N) is 3. The molecule has 2 aromatic carbocycles. The molecule has 0 radical (unpaired) electrons. The first-order chi connectivity index (χ1) is 32.9. The minimum atomic E-state index is -1.31. The van der Waals surface area contributed by atoms with Crippen molar-refractivity contribution in [3.8, 4) is 0 Å². The van der Waals surface area contributed by atoms with Crippen molar-refractivity contribution in [2.24, 2.45) is 17.8 Å². The summed E-state index contributed by atoms with van der Waals surface area (Å²) in [4.78, 5) is 108. The molecule has 5 N–H and O–H groups in total. The van der Waals surface area contributed by atoms with Gasteiger partial charge in [-0.05, 0) is 60.8 Å². The van der Waals surface area contributed by atoms with Crippen LogP contribution in [0.25, 0.3) is 0 Å². The molecule has 18 nitrogen and oxygen atoms in total. The first-order valence-corrected chi connectivity index (χ1v) is 24.1. The fraction of sp³-hybridized carbons (Fsp3) is 0.569. The van der Waals surface area contributed by atoms with E-state index in [-0.39, 0.29) is 54.9 Å². The van der Waals surface area contributed by atoms with Crippen molar-refractivity contribution >= 4 is 53.1 Å². The Morgan fingerprint density at radius 2 is 1.51 bits per heavy atom. The molecule has 0 bridgehead atoms. The first kappa shape index (κ1) is 55.5. The zero-order valence-corrected chi connectivity index (χ0v) is 41.4. The summed E-state index contributed by atoms with van der Waals surface area (Å²) in [5, 5.41) is 20.6. The fourth-order valence-corrected chi connectivity index (χ4v) is 9.14. The second-order valence-corrected chi connectivity index (χ2v) is 18.4. The molecule has 2 aliphatic rings. The minimum Gasteiger partial charge on any atom is -0.465 e. The summed E-state index contributed by atoms with van der Waals surface area (Å²) in [6.45, 7) is 10.2. The van der Waals surface area contributed by atoms with E-state index in [0.717, 1.165) is 11.1 Å². The predicted octanol–water partition coefficient (Wildman–Crippen LogP) is 4.67. The van der Waals surface area contributed by atoms with Gasteiger partial charge in [-0.3, -0.25) is 38.5 Å². The van der Waals surface area contributed by atoms with Gasteiger partial charge >= 0.3 is 6.09 Å². The number of hydrogen-bond acceptors (Lipinski definition) is 10. The highest BCUT2D eigenvalue weighted by Crippen LogP contribution is 2.30. The molecule has 0 spiro atoms. The first-order valence-electron chi connectivity index (χ1n) is 24.1. The number of unbranched alkanes of at least 4 members (excludes halogenated alkanes) is 2. The van der Waals surface area contributed by atoms with Gasteiger partial charge in [-0.1, -0.05) is 89.9 Å². The van der Waals surface area contributed by atoms with Crippen molar-refractivity contribution in [1.29, 1.82) is 0 Å². The third kappa shape index (κ3) is 16.0. The number of imide groups is 1. The maximum absolute atomic E-state index is 14.3. The van der Waals surface area contributed by atoms with Gasteiger partial charge < -0.3 is 45.6 Å². The van der Waals surface area contributed by atoms with Crippen LogP contribution in [0.3, 0.4) is 0 Å². The quantitative estimate of drug-likeness (QED) is 0.0610. The van der Waals surface area contributed by atoms with Crippen LogP contribution in [0.2, 0.25) is 0 Å². The predicted molar refractivity (Wildman–Crippen MR) is 259 cm³/mol. The minimum absolute atomic E-state index is 0.0705. The van der Waals surface area contributed by atoms with E-state index in [4.69, 9.17) is 9.47 Å². The van der Waals surface area contributed by atoms with Gasteiger partial charge in [-0.2, -0.15) is 0 Å². The number of carbonyl (C=O) groups excluding carboxylic acids is 7. The van der Waals surface area contributed by atoms with E-state index < -0.39 is 66.1 Å². The molecule has 378 valence electrons. The standard InChI is InChI=1S/C51H73N7O11/c1-9-33(4)46(56(6)50(65)45(32(2)3)55-51(66)67)40(68-7)30-44(62)57-28-16-19-39(57)47(69-8)34(5)48(63)54-38(29-35-17-12-10-13-18-35)49(64)53-37-23-21-36(22-24-37)31-52-41(59)20-14-11-15-27-58-42(60)25-26-43(58)61/h10,12-13,17-18,21-26,32-34,38-40,45-47,55H,9,11,14-16,19-20,27-31H2,1-8H3,(H,52,59)(H,53,64)(H,54,63)(H,66,67)/t33-,34+,38?,39?,40+,45?,46-,47+/m0/s1. The van der Waals surface area contributed by atoms with Crippen LogP contribution >= 0.6 is 0 Å². The summed E-state index contributed by atoms with van der Waals surface area (Å²) in [5.74, 6) is -3.51. The van der Waals surface area contributed by atoms with Crippen LogP contribution in [0, 0.1) is 17.8 Å². The molecule has 2 aromatic rings. The number of amides is 8. The van der Waals surface area contributed by atoms with Crippen LogP contribution in [0.5, 0.6) is 0 Å². The normalized spacial score (nSPS) is 17.7. The highest BCUT2D eigenvalue weighted by atomic mass is 16.5. The Bertz CT molecular complexity index is 2080. The average Bonchev–Trinajstić information content (AvgIpc) is 3.95. The number of methoxy groups -OCH3 is 2. The number of likely N-dealkylation sites (N-methyl/N-ethyl adjacent to an activating group) is 1. The van der Waals surface area contributed by atoms with E-state index in [9.17, 15) is 43.5 Å². The molecule has 69 heavy (non-hydrogen) atoms. The smallest absolute Gasteiger partial charge is 0.405 e. The van der Waals surface area contributed by atoms with E-state index in [0.29, 0.717) is 63.7 Å². The number of carboxylic acid groups (broad SMARTS) is 1. The summed E-state index contributed by atoms with van der Waals surface area (Å²) in [7, 11) is 4.60. The third-order valence-corrected chi connectivity index (χ3v) is 13.3. The number of nitrogens with one attached hydrogen (secondary N) is 4. The lowest BCUT2D eigenvalue weighted by molar-refractivity contribution is -0.147. The summed E-state index contributed by atoms with van der Waals surface area (Å²) >= 11 is 0. The lowest BCUT2D eigenvalue weighted by Crippen LogP contribution is -2.57. The van der Waals surface area contributed by atoms with Crippen molar-refractivity contribution in [1.82, 2.24) is 30.7 Å². The number of benzene rings is 2. The Morgan fingerprint density at radius 3 is 2.10 bits per heavy atom. The van der Waals surface area contributed by atoms with Crippen molar-refractivity contribution in [2.45, 2.75) is 135 Å². The maximum atomic E-state index is 14.3. The molecule has 8 amide bonds. The van der Waals surface area contributed by atoms with Gasteiger partial charge in [0.15, 0.2) is 0 Å². The summed E-state index contributed by atoms with van der Waals surface area (Å²) in [5.41, 5.74) is 2.14. The highest BCUT2D eigenvalue weighted by molar-refractivity contribution is 6.12. The molecule has 0 saturated carbocycles. The Morgan fingerprint density at radius 1 is 0.841 bits per heavy atom. The summed E-state index contributed by atoms with van der Waals surface area (Å²) in [6.07, 6.45) is 4.00. The molecule has 1 fully saturated rings. The van der Waals surface area contributed by atoms with E-state index in [1.165, 1.54) is 36.2 Å². The van der Waals surface area contributed by atoms with Crippen LogP contribution in [-0.2, 0) is 56.0 Å². The molecule has 18 heteroatoms. The lowest BCUT2D eigenvalue weighted by atomic mass is 9.89. The number of rotatable bonds is 27. The monoisotopic (exact) mass is 960 g/mol. The Labute approximate surface area is 406 Å². The van der Waals surface area contributed by atoms with Gasteiger partial charge in [-0.15, -0.1) is 0 Å². The van der Waals surface area contributed by atoms with Gasteiger partial charge in [0.25, 0.3) is 11.8 Å². The Kier molecular flexibility index (Phi) is 21.8. The van der Waals surface area contributed by atoms with Crippen LogP contribution in [-0.4, -0.2) is 138 Å². The third-order valence-electron chi connectivity index (χ3n) is 13.3. The number of likely N-dealkylation sites (tertiary alicyclic amines) is 1. The van der Waals surface area contributed by atoms with Gasteiger partial charge in [0.05, 0.1) is 36.6 Å². The van der Waals surface area contributed by atoms with Crippen molar-refractivity contribution in [2.75, 3.05) is 39.7 Å². The summed E-state index contributed by atoms with van der Waals surface area (Å²) in [6, 6.07) is 13.3. The maximum Gasteiger partial charge on any atom is 0.405 e. The Balaban J connectivity index is 1.38. The second-order valence-electron chi connectivity index (χ2n) is 18.4. The van der Waals surface area contributed by atoms with Gasteiger partial charge in [0.2, 0.25) is 29.5 Å². The molecule has 2 aliphatic heterocycles. The molecule has 2 heterocycles. The van der Waals surface area contributed by atoms with Crippen LogP contribution in [0.15, 0.2) is 66.7 Å². The number of ether oxygens (including phenoxy) is 2. The Hall–Kier alpha value is -6.14. The van der Waals surface area contributed by atoms with E-state index in [1.807, 2.05) is 44.2 Å². The number of anilines is 1. The SMILES string of the molecule is CC[C@H](C)[C@@H]([C@@H](CC(=O)N1CCCC1[C@H](OC)[C@@H](C)C(=O)NC(Cc1ccccc1)C(=O)Nc1ccc(CNC(=O)CCCCCN2C(=O)C=CC2=O)cc1)OC)N(C)C(=O)C(NC(=O)O)C(C)C. The van der Waals surface area contributed by atoms with Crippen molar-refractivity contribution in [3.05, 3.63) is 77.9 Å². The topological polar surface area (TPSA) is 233 Å². The van der Waals surface area contributed by atoms with E-state index in [2.05, 4.69) is 21.3 Å². The van der Waals surface area contributed by atoms with Crippen molar-refractivity contribution in [3.63, 3.8) is 0 Å². The molecule has 4 rings (SSSR count). The zero-order valence-electron chi connectivity index (χ0n) is 41.4. The van der Waals surface area contributed by atoms with Gasteiger partial charge in [0, 0.05) is 71.6 Å². The fourth-order valence-electron chi connectivity index (χ4n) is 9.14. The van der Waals surface area contributed by atoms with Crippen molar-refractivity contribution < 1.29 is 52.9 Å². The van der Waals surface area contributed by atoms with Crippen LogP contribution in [0.4, 0.5) is 10.5 Å². The lowest BCUT2D eigenvalue weighted by Gasteiger charge is -2.40. The molecule has 8 atom stereocenters. The van der Waals surface area contributed by atoms with Gasteiger partial charge in [-0.25, -0.2) is 4.79 Å². The molecule has 3 unspecified atom stereocenters.